The lowest BCUT2D eigenvalue weighted by Gasteiger charge is -2.18. The van der Waals surface area contributed by atoms with Crippen molar-refractivity contribution in [3.05, 3.63) is 109 Å². The van der Waals surface area contributed by atoms with Gasteiger partial charge in [0.1, 0.15) is 13.2 Å². The van der Waals surface area contributed by atoms with Crippen molar-refractivity contribution in [3.8, 4) is 0 Å². The zero-order valence-electron chi connectivity index (χ0n) is 50.4. The molecule has 0 aliphatic rings. The second-order valence-electron chi connectivity index (χ2n) is 21.3. The van der Waals surface area contributed by atoms with E-state index >= 15 is 0 Å². The first-order chi connectivity index (χ1) is 38.0. The summed E-state index contributed by atoms with van der Waals surface area (Å²) in [5.41, 5.74) is 0. The molecule has 0 spiro atoms. The van der Waals surface area contributed by atoms with Crippen molar-refractivity contribution in [1.29, 1.82) is 0 Å². The van der Waals surface area contributed by atoms with Crippen LogP contribution in [0.3, 0.4) is 0 Å². The summed E-state index contributed by atoms with van der Waals surface area (Å²) >= 11 is 0. The van der Waals surface area contributed by atoms with Gasteiger partial charge >= 0.3 is 17.9 Å². The van der Waals surface area contributed by atoms with E-state index in [-0.39, 0.29) is 31.1 Å². The van der Waals surface area contributed by atoms with E-state index in [1.807, 2.05) is 0 Å². The summed E-state index contributed by atoms with van der Waals surface area (Å²) in [7, 11) is 0. The highest BCUT2D eigenvalue weighted by atomic mass is 16.6. The maximum atomic E-state index is 12.9. The maximum Gasteiger partial charge on any atom is 0.306 e. The number of carbonyl (C=O) groups excluding carboxylic acids is 3. The zero-order valence-corrected chi connectivity index (χ0v) is 50.4. The van der Waals surface area contributed by atoms with Crippen LogP contribution >= 0.6 is 0 Å². The Kier molecular flexibility index (Phi) is 61.3. The Morgan fingerprint density at radius 2 is 0.506 bits per heavy atom. The Morgan fingerprint density at radius 1 is 0.273 bits per heavy atom. The molecule has 0 bridgehead atoms. The number of allylic oxidation sites excluding steroid dienone is 18. The molecule has 0 saturated heterocycles. The molecule has 440 valence electrons. The van der Waals surface area contributed by atoms with Gasteiger partial charge in [-0.15, -0.1) is 0 Å². The number of hydrogen-bond acceptors (Lipinski definition) is 6. The van der Waals surface area contributed by atoms with E-state index in [2.05, 4.69) is 130 Å². The fourth-order valence-electron chi connectivity index (χ4n) is 8.95. The standard InChI is InChI=1S/C71H120O6/c1-4-7-10-13-16-19-22-25-28-31-33-34-35-36-38-40-43-46-49-52-55-58-61-64-70(73)76-67-68(66-75-69(72)63-60-57-54-51-48-45-42-39-30-27-24-21-18-15-12-9-6-3)77-71(74)65-62-59-56-53-50-47-44-41-37-32-29-26-23-20-17-14-11-8-5-2/h7,9-10,12,16,18-19,21,25-30,33-34,36,38,68H,4-6,8,11,13-15,17,20,22-24,31-32,35,37,39-67H2,1-3H3/b10-7-,12-9-,19-16-,21-18-,28-25-,29-26-,30-27-,34-33-,38-36-. The first kappa shape index (κ1) is 73.1. The molecule has 0 radical (unpaired) electrons. The summed E-state index contributed by atoms with van der Waals surface area (Å²) in [4.78, 5) is 38.4. The Bertz CT molecular complexity index is 1560. The van der Waals surface area contributed by atoms with E-state index in [1.165, 1.54) is 141 Å². The van der Waals surface area contributed by atoms with E-state index in [0.717, 1.165) is 122 Å². The summed E-state index contributed by atoms with van der Waals surface area (Å²) < 4.78 is 16.9. The van der Waals surface area contributed by atoms with Gasteiger partial charge in [-0.1, -0.05) is 271 Å². The molecule has 0 aliphatic heterocycles. The van der Waals surface area contributed by atoms with Crippen LogP contribution in [0.15, 0.2) is 109 Å². The van der Waals surface area contributed by atoms with E-state index in [1.54, 1.807) is 0 Å². The van der Waals surface area contributed by atoms with Crippen LogP contribution in [-0.2, 0) is 28.6 Å². The van der Waals surface area contributed by atoms with E-state index < -0.39 is 6.10 Å². The molecule has 77 heavy (non-hydrogen) atoms. The normalized spacial score (nSPS) is 12.8. The van der Waals surface area contributed by atoms with Crippen LogP contribution in [-0.4, -0.2) is 37.2 Å². The monoisotopic (exact) mass is 1070 g/mol. The first-order valence-electron chi connectivity index (χ1n) is 32.4. The molecule has 0 aromatic heterocycles. The van der Waals surface area contributed by atoms with Crippen molar-refractivity contribution in [2.24, 2.45) is 0 Å². The van der Waals surface area contributed by atoms with Gasteiger partial charge in [0.25, 0.3) is 0 Å². The van der Waals surface area contributed by atoms with Crippen molar-refractivity contribution in [3.63, 3.8) is 0 Å². The third-order valence-electron chi connectivity index (χ3n) is 13.7. The van der Waals surface area contributed by atoms with Gasteiger partial charge in [-0.05, 0) is 122 Å². The highest BCUT2D eigenvalue weighted by Crippen LogP contribution is 2.16. The van der Waals surface area contributed by atoms with E-state index in [4.69, 9.17) is 14.2 Å². The SMILES string of the molecule is CC/C=C\C/C=C\C/C=C\C/C=C\C/C=C\CCCCCCCCCC(=O)OCC(COC(=O)CCCCCCCCC/C=C\C/C=C\C/C=C\CC)OC(=O)CCCCCCCCCCC/C=C\CCCCCCCC. The van der Waals surface area contributed by atoms with Crippen LogP contribution in [0.2, 0.25) is 0 Å². The van der Waals surface area contributed by atoms with Crippen LogP contribution in [0, 0.1) is 0 Å². The zero-order chi connectivity index (χ0) is 55.7. The fraction of sp³-hybridized carbons (Fsp3) is 0.704. The van der Waals surface area contributed by atoms with Crippen molar-refractivity contribution < 1.29 is 28.6 Å². The smallest absolute Gasteiger partial charge is 0.306 e. The molecule has 0 aromatic carbocycles. The second-order valence-corrected chi connectivity index (χ2v) is 21.3. The fourth-order valence-corrected chi connectivity index (χ4v) is 8.95. The summed E-state index contributed by atoms with van der Waals surface area (Å²) in [6.45, 7) is 6.42. The van der Waals surface area contributed by atoms with Gasteiger partial charge in [-0.2, -0.15) is 0 Å². The molecule has 0 N–H and O–H groups in total. The Hall–Kier alpha value is -3.93. The molecule has 0 fully saturated rings. The summed E-state index contributed by atoms with van der Waals surface area (Å²) in [5, 5.41) is 0. The highest BCUT2D eigenvalue weighted by Gasteiger charge is 2.19. The van der Waals surface area contributed by atoms with Crippen LogP contribution < -0.4 is 0 Å². The molecule has 1 unspecified atom stereocenters. The lowest BCUT2D eigenvalue weighted by molar-refractivity contribution is -0.167. The van der Waals surface area contributed by atoms with Gasteiger partial charge in [-0.3, -0.25) is 14.4 Å². The van der Waals surface area contributed by atoms with Crippen molar-refractivity contribution in [1.82, 2.24) is 0 Å². The van der Waals surface area contributed by atoms with Crippen molar-refractivity contribution in [2.45, 2.75) is 309 Å². The maximum absolute atomic E-state index is 12.9. The molecule has 6 nitrogen and oxygen atoms in total. The molecule has 1 atom stereocenters. The molecular formula is C71H120O6. The van der Waals surface area contributed by atoms with Gasteiger partial charge in [0.15, 0.2) is 6.10 Å². The number of esters is 3. The lowest BCUT2D eigenvalue weighted by atomic mass is 10.1. The van der Waals surface area contributed by atoms with Crippen LogP contribution in [0.4, 0.5) is 0 Å². The van der Waals surface area contributed by atoms with Gasteiger partial charge in [0.05, 0.1) is 0 Å². The molecule has 0 rings (SSSR count). The topological polar surface area (TPSA) is 78.9 Å². The van der Waals surface area contributed by atoms with Crippen LogP contribution in [0.25, 0.3) is 0 Å². The molecule has 6 heteroatoms. The Labute approximate surface area is 476 Å². The highest BCUT2D eigenvalue weighted by molar-refractivity contribution is 5.71. The van der Waals surface area contributed by atoms with E-state index in [0.29, 0.717) is 19.3 Å². The average molecular weight is 1070 g/mol. The lowest BCUT2D eigenvalue weighted by Crippen LogP contribution is -2.30. The quantitative estimate of drug-likeness (QED) is 0.0261. The number of hydrogen-bond donors (Lipinski definition) is 0. The van der Waals surface area contributed by atoms with Crippen molar-refractivity contribution in [2.75, 3.05) is 13.2 Å². The van der Waals surface area contributed by atoms with E-state index in [9.17, 15) is 14.4 Å². The molecule has 0 heterocycles. The summed E-state index contributed by atoms with van der Waals surface area (Å²) in [6, 6.07) is 0. The minimum absolute atomic E-state index is 0.0878. The van der Waals surface area contributed by atoms with Crippen LogP contribution in [0.5, 0.6) is 0 Å². The first-order valence-corrected chi connectivity index (χ1v) is 32.4. The molecule has 0 saturated carbocycles. The Balaban J connectivity index is 4.41. The van der Waals surface area contributed by atoms with Crippen molar-refractivity contribution >= 4 is 17.9 Å². The predicted molar refractivity (Wildman–Crippen MR) is 334 cm³/mol. The third kappa shape index (κ3) is 62.8. The number of rotatable bonds is 58. The molecule has 0 aliphatic carbocycles. The molecule has 0 amide bonds. The minimum atomic E-state index is -0.792. The van der Waals surface area contributed by atoms with Gasteiger partial charge in [0, 0.05) is 19.3 Å². The predicted octanol–water partition coefficient (Wildman–Crippen LogP) is 22.2. The second kappa shape index (κ2) is 64.6. The number of unbranched alkanes of at least 4 members (excludes halogenated alkanes) is 29. The molecule has 0 aromatic rings. The van der Waals surface area contributed by atoms with Gasteiger partial charge in [-0.25, -0.2) is 0 Å². The summed E-state index contributed by atoms with van der Waals surface area (Å²) in [6.07, 6.45) is 88.0. The minimum Gasteiger partial charge on any atom is -0.462 e. The Morgan fingerprint density at radius 3 is 0.805 bits per heavy atom. The largest absolute Gasteiger partial charge is 0.462 e. The van der Waals surface area contributed by atoms with Crippen LogP contribution in [0.1, 0.15) is 303 Å². The number of ether oxygens (including phenoxy) is 3. The molecular weight excluding hydrogens is 949 g/mol. The average Bonchev–Trinajstić information content (AvgIpc) is 3.43. The third-order valence-corrected chi connectivity index (χ3v) is 13.7. The van der Waals surface area contributed by atoms with Gasteiger partial charge in [0.2, 0.25) is 0 Å². The number of carbonyl (C=O) groups is 3. The van der Waals surface area contributed by atoms with Gasteiger partial charge < -0.3 is 14.2 Å². The summed E-state index contributed by atoms with van der Waals surface area (Å²) in [5.74, 6) is -0.901.